The fourth-order valence-corrected chi connectivity index (χ4v) is 4.52. The quantitative estimate of drug-likeness (QED) is 0.535. The first kappa shape index (κ1) is 22.1. The number of rotatable bonds is 5. The van der Waals surface area contributed by atoms with E-state index in [1.165, 1.54) is 23.6 Å². The van der Waals surface area contributed by atoms with Crippen LogP contribution in [0.4, 0.5) is 4.39 Å². The van der Waals surface area contributed by atoms with E-state index in [4.69, 9.17) is 18.9 Å². The topological polar surface area (TPSA) is 99.8 Å². The first-order valence-electron chi connectivity index (χ1n) is 10.8. The second kappa shape index (κ2) is 8.89. The highest BCUT2D eigenvalue weighted by atomic mass is 19.1. The van der Waals surface area contributed by atoms with Gasteiger partial charge in [0.1, 0.15) is 24.1 Å². The van der Waals surface area contributed by atoms with Crippen LogP contribution in [-0.4, -0.2) is 48.2 Å². The summed E-state index contributed by atoms with van der Waals surface area (Å²) in [4.78, 5) is 24.7. The zero-order valence-electron chi connectivity index (χ0n) is 18.3. The number of fused-ring (bicyclic) bond motifs is 2. The van der Waals surface area contributed by atoms with Gasteiger partial charge in [-0.3, -0.25) is 9.59 Å². The lowest BCUT2D eigenvalue weighted by molar-refractivity contribution is -0.150. The molecule has 0 unspecified atom stereocenters. The van der Waals surface area contributed by atoms with E-state index in [9.17, 15) is 19.2 Å². The van der Waals surface area contributed by atoms with Gasteiger partial charge >= 0.3 is 5.97 Å². The molecule has 2 aromatic carbocycles. The molecule has 2 aliphatic rings. The number of halogens is 1. The third-order valence-corrected chi connectivity index (χ3v) is 6.04. The van der Waals surface area contributed by atoms with Crippen molar-refractivity contribution in [2.24, 2.45) is 0 Å². The zero-order valence-corrected chi connectivity index (χ0v) is 18.3. The molecule has 0 radical (unpaired) electrons. The summed E-state index contributed by atoms with van der Waals surface area (Å²) in [7, 11) is 0. The minimum atomic E-state index is -0.589. The minimum absolute atomic E-state index is 0.140. The molecule has 0 aliphatic carbocycles. The lowest BCUT2D eigenvalue weighted by atomic mass is 10.1. The maximum Gasteiger partial charge on any atom is 0.303 e. The summed E-state index contributed by atoms with van der Waals surface area (Å²) in [5.41, 5.74) is 0.639. The Morgan fingerprint density at radius 1 is 1.12 bits per heavy atom. The average Bonchev–Trinajstić information content (AvgIpc) is 3.41. The van der Waals surface area contributed by atoms with Crippen LogP contribution in [0.3, 0.4) is 0 Å². The van der Waals surface area contributed by atoms with Crippen LogP contribution in [0.15, 0.2) is 53.3 Å². The number of hydrogen-bond acceptors (Lipinski definition) is 7. The van der Waals surface area contributed by atoms with Crippen LogP contribution in [0.5, 0.6) is 5.75 Å². The van der Waals surface area contributed by atoms with Gasteiger partial charge in [0.15, 0.2) is 23.5 Å². The van der Waals surface area contributed by atoms with Crippen LogP contribution in [0.1, 0.15) is 18.1 Å². The van der Waals surface area contributed by atoms with Crippen molar-refractivity contribution >= 4 is 16.9 Å². The third kappa shape index (κ3) is 3.91. The first-order chi connectivity index (χ1) is 16.5. The molecule has 0 saturated carbocycles. The molecule has 1 aromatic heterocycles. The van der Waals surface area contributed by atoms with Gasteiger partial charge in [-0.25, -0.2) is 4.39 Å². The van der Waals surface area contributed by atoms with Gasteiger partial charge in [-0.15, -0.1) is 0 Å². The monoisotopic (exact) mass is 464 g/mol. The van der Waals surface area contributed by atoms with Gasteiger partial charge < -0.3 is 23.5 Å². The van der Waals surface area contributed by atoms with Gasteiger partial charge in [-0.2, -0.15) is 5.26 Å². The molecular formula is C25H21FN2O6. The van der Waals surface area contributed by atoms with Crippen LogP contribution in [0.25, 0.3) is 10.9 Å². The lowest BCUT2D eigenvalue weighted by Gasteiger charge is -2.21. The summed E-state index contributed by atoms with van der Waals surface area (Å²) in [5.74, 6) is -0.637. The van der Waals surface area contributed by atoms with Crippen LogP contribution >= 0.6 is 0 Å². The largest absolute Gasteiger partial charge is 0.483 e. The number of ether oxygens (including phenoxy) is 4. The van der Waals surface area contributed by atoms with E-state index in [0.717, 1.165) is 0 Å². The Bertz CT molecular complexity index is 1350. The normalized spacial score (nSPS) is 23.4. The van der Waals surface area contributed by atoms with E-state index in [0.29, 0.717) is 16.5 Å². The summed E-state index contributed by atoms with van der Waals surface area (Å²) >= 11 is 0. The van der Waals surface area contributed by atoms with Gasteiger partial charge in [0.2, 0.25) is 0 Å². The van der Waals surface area contributed by atoms with Gasteiger partial charge in [0.05, 0.1) is 25.3 Å². The Hall–Kier alpha value is -3.74. The zero-order chi connectivity index (χ0) is 23.8. The smallest absolute Gasteiger partial charge is 0.303 e. The molecule has 4 atom stereocenters. The van der Waals surface area contributed by atoms with Crippen molar-refractivity contribution in [1.82, 2.24) is 4.57 Å². The maximum atomic E-state index is 13.3. The number of nitriles is 1. The van der Waals surface area contributed by atoms with Crippen LogP contribution < -0.4 is 10.3 Å². The predicted molar refractivity (Wildman–Crippen MR) is 118 cm³/mol. The van der Waals surface area contributed by atoms with E-state index in [1.54, 1.807) is 36.4 Å². The summed E-state index contributed by atoms with van der Waals surface area (Å²) in [6, 6.07) is 15.0. The second-order valence-corrected chi connectivity index (χ2v) is 8.25. The summed E-state index contributed by atoms with van der Waals surface area (Å²) in [5, 5.41) is 10.5. The molecule has 0 N–H and O–H groups in total. The highest BCUT2D eigenvalue weighted by Crippen LogP contribution is 2.35. The maximum absolute atomic E-state index is 13.3. The number of esters is 1. The number of carbonyl (C=O) groups excluding carboxylic acids is 1. The molecule has 0 bridgehead atoms. The SMILES string of the molecule is CC(=O)O[C@H]1CO[C@H]2[C@@H]1OC[C@@H]2Oc1c(C#N)c(=O)n(Cc2ccc(F)cc2)c2ccccc12. The molecule has 8 nitrogen and oxygen atoms in total. The first-order valence-corrected chi connectivity index (χ1v) is 10.8. The Morgan fingerprint density at radius 2 is 1.79 bits per heavy atom. The van der Waals surface area contributed by atoms with Gasteiger partial charge in [0.25, 0.3) is 5.56 Å². The lowest BCUT2D eigenvalue weighted by Crippen LogP contribution is -2.36. The second-order valence-electron chi connectivity index (χ2n) is 8.25. The molecule has 5 rings (SSSR count). The van der Waals surface area contributed by atoms with E-state index in [1.807, 2.05) is 6.07 Å². The van der Waals surface area contributed by atoms with E-state index in [2.05, 4.69) is 0 Å². The number of para-hydroxylation sites is 1. The molecule has 9 heteroatoms. The fourth-order valence-electron chi connectivity index (χ4n) is 4.52. The number of hydrogen-bond donors (Lipinski definition) is 0. The number of nitrogens with zero attached hydrogens (tertiary/aromatic N) is 2. The number of pyridine rings is 1. The fraction of sp³-hybridized carbons (Fsp3) is 0.320. The van der Waals surface area contributed by atoms with Crippen molar-refractivity contribution in [3.8, 4) is 11.8 Å². The van der Waals surface area contributed by atoms with Gasteiger partial charge in [-0.1, -0.05) is 24.3 Å². The molecule has 0 spiro atoms. The van der Waals surface area contributed by atoms with Crippen LogP contribution in [-0.2, 0) is 25.5 Å². The summed E-state index contributed by atoms with van der Waals surface area (Å²) in [6.45, 7) is 1.83. The molecule has 174 valence electrons. The standard InChI is InChI=1S/C25H21FN2O6/c1-14(29)33-20-12-31-24-21(13-32-23(20)24)34-22-17-4-2-3-5-19(17)28(25(30)18(22)10-27)11-15-6-8-16(26)9-7-15/h2-9,20-21,23-24H,11-13H2,1H3/t20-,21-,23+,24+/m0/s1. The molecular weight excluding hydrogens is 443 g/mol. The van der Waals surface area contributed by atoms with Crippen molar-refractivity contribution < 1.29 is 28.1 Å². The Morgan fingerprint density at radius 3 is 2.50 bits per heavy atom. The van der Waals surface area contributed by atoms with E-state index in [-0.39, 0.29) is 36.9 Å². The Labute approximate surface area is 194 Å². The van der Waals surface area contributed by atoms with Crippen molar-refractivity contribution in [2.45, 2.75) is 37.9 Å². The summed E-state index contributed by atoms with van der Waals surface area (Å²) in [6.07, 6.45) is -2.11. The number of benzene rings is 2. The van der Waals surface area contributed by atoms with Gasteiger partial charge in [0, 0.05) is 12.3 Å². The molecule has 3 aromatic rings. The van der Waals surface area contributed by atoms with Crippen LogP contribution in [0.2, 0.25) is 0 Å². The van der Waals surface area contributed by atoms with Crippen molar-refractivity contribution in [3.63, 3.8) is 0 Å². The van der Waals surface area contributed by atoms with Crippen molar-refractivity contribution in [3.05, 3.63) is 75.8 Å². The van der Waals surface area contributed by atoms with Crippen LogP contribution in [0, 0.1) is 17.1 Å². The Kier molecular flexibility index (Phi) is 5.77. The average molecular weight is 464 g/mol. The van der Waals surface area contributed by atoms with Gasteiger partial charge in [-0.05, 0) is 29.8 Å². The highest BCUT2D eigenvalue weighted by Gasteiger charge is 2.50. The van der Waals surface area contributed by atoms with Crippen molar-refractivity contribution in [1.29, 1.82) is 5.26 Å². The number of aromatic nitrogens is 1. The number of carbonyl (C=O) groups is 1. The molecule has 3 heterocycles. The molecule has 2 saturated heterocycles. The molecule has 0 amide bonds. The minimum Gasteiger partial charge on any atom is -0.483 e. The molecule has 34 heavy (non-hydrogen) atoms. The summed E-state index contributed by atoms with van der Waals surface area (Å²) < 4.78 is 37.8. The van der Waals surface area contributed by atoms with Crippen molar-refractivity contribution in [2.75, 3.05) is 13.2 Å². The third-order valence-electron chi connectivity index (χ3n) is 6.04. The van der Waals surface area contributed by atoms with E-state index >= 15 is 0 Å². The predicted octanol–water partition coefficient (Wildman–Crippen LogP) is 2.54. The highest BCUT2D eigenvalue weighted by molar-refractivity contribution is 5.87. The van der Waals surface area contributed by atoms with E-state index < -0.39 is 35.9 Å². The Balaban J connectivity index is 1.52. The molecule has 2 fully saturated rings. The molecule has 2 aliphatic heterocycles.